The van der Waals surface area contributed by atoms with Crippen LogP contribution in [0.3, 0.4) is 0 Å². The summed E-state index contributed by atoms with van der Waals surface area (Å²) < 4.78 is 39.8. The zero-order valence-electron chi connectivity index (χ0n) is 16.8. The number of imidazole rings is 1. The van der Waals surface area contributed by atoms with E-state index in [2.05, 4.69) is 15.3 Å². The molecule has 1 saturated heterocycles. The molecule has 1 aliphatic rings. The highest BCUT2D eigenvalue weighted by atomic mass is 32.2. The van der Waals surface area contributed by atoms with Gasteiger partial charge in [-0.05, 0) is 30.7 Å². The number of morpholine rings is 1. The van der Waals surface area contributed by atoms with E-state index in [1.807, 2.05) is 16.8 Å². The van der Waals surface area contributed by atoms with Crippen LogP contribution in [0.4, 0.5) is 5.88 Å². The fourth-order valence-corrected chi connectivity index (χ4v) is 4.64. The van der Waals surface area contributed by atoms with Crippen molar-refractivity contribution in [1.82, 2.24) is 18.8 Å². The molecular formula is C20H22N6O4S. The van der Waals surface area contributed by atoms with Crippen molar-refractivity contribution in [1.29, 1.82) is 5.26 Å². The molecule has 0 amide bonds. The number of ether oxygens (including phenoxy) is 1. The maximum absolute atomic E-state index is 12.7. The van der Waals surface area contributed by atoms with Crippen LogP contribution in [0.15, 0.2) is 52.3 Å². The summed E-state index contributed by atoms with van der Waals surface area (Å²) in [4.78, 5) is 8.42. The molecule has 1 aliphatic heterocycles. The van der Waals surface area contributed by atoms with Crippen LogP contribution in [-0.4, -0.2) is 60.1 Å². The van der Waals surface area contributed by atoms with Crippen molar-refractivity contribution >= 4 is 15.9 Å². The lowest BCUT2D eigenvalue weighted by atomic mass is 10.2. The van der Waals surface area contributed by atoms with E-state index in [-0.39, 0.29) is 16.5 Å². The van der Waals surface area contributed by atoms with Crippen molar-refractivity contribution in [3.05, 3.63) is 48.7 Å². The number of aryl methyl sites for hydroxylation is 1. The van der Waals surface area contributed by atoms with Crippen molar-refractivity contribution < 1.29 is 17.6 Å². The van der Waals surface area contributed by atoms with Gasteiger partial charge in [0.2, 0.25) is 27.5 Å². The van der Waals surface area contributed by atoms with E-state index < -0.39 is 10.0 Å². The second-order valence-electron chi connectivity index (χ2n) is 6.93. The topological polar surface area (TPSA) is 126 Å². The highest BCUT2D eigenvalue weighted by Crippen LogP contribution is 2.27. The van der Waals surface area contributed by atoms with Crippen molar-refractivity contribution in [2.75, 3.05) is 38.2 Å². The number of rotatable bonds is 8. The third-order valence-electron chi connectivity index (χ3n) is 4.88. The summed E-state index contributed by atoms with van der Waals surface area (Å²) >= 11 is 0. The Balaban J connectivity index is 1.43. The molecule has 2 aromatic heterocycles. The summed E-state index contributed by atoms with van der Waals surface area (Å²) in [6, 6.07) is 8.32. The van der Waals surface area contributed by atoms with Gasteiger partial charge in [-0.3, -0.25) is 0 Å². The van der Waals surface area contributed by atoms with Crippen molar-refractivity contribution in [2.24, 2.45) is 0 Å². The Hall–Kier alpha value is -3.20. The summed E-state index contributed by atoms with van der Waals surface area (Å²) in [5.74, 6) is 0.553. The summed E-state index contributed by atoms with van der Waals surface area (Å²) in [6.07, 6.45) is 6.17. The van der Waals surface area contributed by atoms with Gasteiger partial charge in [-0.2, -0.15) is 14.6 Å². The van der Waals surface area contributed by atoms with Crippen LogP contribution < -0.4 is 5.32 Å². The monoisotopic (exact) mass is 442 g/mol. The van der Waals surface area contributed by atoms with Gasteiger partial charge in [-0.1, -0.05) is 0 Å². The Kier molecular flexibility index (Phi) is 6.31. The Bertz CT molecular complexity index is 1140. The van der Waals surface area contributed by atoms with E-state index in [4.69, 9.17) is 9.15 Å². The van der Waals surface area contributed by atoms with Gasteiger partial charge in [0.05, 0.1) is 24.4 Å². The standard InChI is InChI=1S/C20H22N6O4S/c21-14-18-20(23-6-1-8-25-9-7-22-15-25)30-19(24-18)16-2-4-17(5-3-16)31(27,28)26-10-12-29-13-11-26/h2-5,7,9,15,23H,1,6,8,10-13H2. The largest absolute Gasteiger partial charge is 0.419 e. The van der Waals surface area contributed by atoms with E-state index in [0.717, 1.165) is 13.0 Å². The third-order valence-corrected chi connectivity index (χ3v) is 6.79. The molecule has 11 heteroatoms. The van der Waals surface area contributed by atoms with Crippen LogP contribution in [0, 0.1) is 11.3 Å². The number of anilines is 1. The lowest BCUT2D eigenvalue weighted by molar-refractivity contribution is 0.0730. The summed E-state index contributed by atoms with van der Waals surface area (Å²) in [5.41, 5.74) is 0.742. The second kappa shape index (κ2) is 9.30. The number of nitriles is 1. The number of aromatic nitrogens is 3. The van der Waals surface area contributed by atoms with Crippen LogP contribution >= 0.6 is 0 Å². The summed E-state index contributed by atoms with van der Waals surface area (Å²) in [6.45, 7) is 2.84. The van der Waals surface area contributed by atoms with E-state index in [1.54, 1.807) is 24.7 Å². The Morgan fingerprint density at radius 2 is 1.97 bits per heavy atom. The van der Waals surface area contributed by atoms with Crippen molar-refractivity contribution in [3.63, 3.8) is 0 Å². The summed E-state index contributed by atoms with van der Waals surface area (Å²) in [7, 11) is -3.57. The number of nitrogens with zero attached hydrogens (tertiary/aromatic N) is 5. The van der Waals surface area contributed by atoms with Crippen LogP contribution in [0.1, 0.15) is 12.1 Å². The molecule has 0 atom stereocenters. The fraction of sp³-hybridized carbons (Fsp3) is 0.350. The molecule has 0 saturated carbocycles. The number of hydrogen-bond donors (Lipinski definition) is 1. The van der Waals surface area contributed by atoms with Gasteiger partial charge in [0.25, 0.3) is 0 Å². The minimum absolute atomic E-state index is 0.155. The van der Waals surface area contributed by atoms with Crippen molar-refractivity contribution in [3.8, 4) is 17.5 Å². The number of sulfonamides is 1. The molecule has 0 bridgehead atoms. The van der Waals surface area contributed by atoms with Crippen LogP contribution in [0.25, 0.3) is 11.5 Å². The first-order chi connectivity index (χ1) is 15.1. The number of oxazole rings is 1. The maximum atomic E-state index is 12.7. The molecule has 3 aromatic rings. The molecule has 31 heavy (non-hydrogen) atoms. The molecule has 1 N–H and O–H groups in total. The van der Waals surface area contributed by atoms with Crippen LogP contribution in [0.5, 0.6) is 0 Å². The Morgan fingerprint density at radius 1 is 1.19 bits per heavy atom. The zero-order chi connectivity index (χ0) is 21.7. The minimum Gasteiger partial charge on any atom is -0.419 e. The quantitative estimate of drug-likeness (QED) is 0.525. The van der Waals surface area contributed by atoms with E-state index in [9.17, 15) is 13.7 Å². The molecule has 3 heterocycles. The molecule has 0 aliphatic carbocycles. The molecule has 4 rings (SSSR count). The smallest absolute Gasteiger partial charge is 0.243 e. The first kappa shape index (κ1) is 21.0. The lowest BCUT2D eigenvalue weighted by Gasteiger charge is -2.26. The highest BCUT2D eigenvalue weighted by molar-refractivity contribution is 7.89. The molecular weight excluding hydrogens is 420 g/mol. The minimum atomic E-state index is -3.57. The molecule has 0 spiro atoms. The maximum Gasteiger partial charge on any atom is 0.243 e. The van der Waals surface area contributed by atoms with Gasteiger partial charge < -0.3 is 19.0 Å². The molecule has 162 valence electrons. The second-order valence-corrected chi connectivity index (χ2v) is 8.87. The van der Waals surface area contributed by atoms with Crippen LogP contribution in [-0.2, 0) is 21.3 Å². The fourth-order valence-electron chi connectivity index (χ4n) is 3.23. The van der Waals surface area contributed by atoms with Gasteiger partial charge in [0.15, 0.2) is 0 Å². The molecule has 1 aromatic carbocycles. The molecule has 10 nitrogen and oxygen atoms in total. The van der Waals surface area contributed by atoms with E-state index >= 15 is 0 Å². The van der Waals surface area contributed by atoms with Gasteiger partial charge >= 0.3 is 0 Å². The molecule has 0 radical (unpaired) electrons. The Labute approximate surface area is 180 Å². The van der Waals surface area contributed by atoms with Crippen molar-refractivity contribution in [2.45, 2.75) is 17.9 Å². The average Bonchev–Trinajstić information content (AvgIpc) is 3.47. The zero-order valence-corrected chi connectivity index (χ0v) is 17.6. The third kappa shape index (κ3) is 4.77. The van der Waals surface area contributed by atoms with Gasteiger partial charge in [0, 0.05) is 44.1 Å². The summed E-state index contributed by atoms with van der Waals surface area (Å²) in [5, 5.41) is 12.5. The number of hydrogen-bond acceptors (Lipinski definition) is 8. The average molecular weight is 443 g/mol. The number of benzene rings is 1. The number of nitrogens with one attached hydrogen (secondary N) is 1. The highest BCUT2D eigenvalue weighted by Gasteiger charge is 2.26. The first-order valence-electron chi connectivity index (χ1n) is 9.87. The Morgan fingerprint density at radius 3 is 2.65 bits per heavy atom. The lowest BCUT2D eigenvalue weighted by Crippen LogP contribution is -2.40. The van der Waals surface area contributed by atoms with E-state index in [0.29, 0.717) is 44.3 Å². The molecule has 1 fully saturated rings. The van der Waals surface area contributed by atoms with E-state index in [1.165, 1.54) is 16.4 Å². The van der Waals surface area contributed by atoms with Crippen LogP contribution in [0.2, 0.25) is 0 Å². The predicted octanol–water partition coefficient (Wildman–Crippen LogP) is 1.93. The van der Waals surface area contributed by atoms with Gasteiger partial charge in [0.1, 0.15) is 6.07 Å². The first-order valence-corrected chi connectivity index (χ1v) is 11.3. The predicted molar refractivity (Wildman–Crippen MR) is 112 cm³/mol. The normalized spacial score (nSPS) is 14.9. The van der Waals surface area contributed by atoms with Gasteiger partial charge in [-0.25, -0.2) is 13.4 Å². The SMILES string of the molecule is N#Cc1nc(-c2ccc(S(=O)(=O)N3CCOCC3)cc2)oc1NCCCn1ccnc1. The van der Waals surface area contributed by atoms with Gasteiger partial charge in [-0.15, -0.1) is 0 Å². The molecule has 0 unspecified atom stereocenters.